The average Bonchev–Trinajstić information content (AvgIpc) is 2.46. The molecule has 1 saturated heterocycles. The third-order valence-corrected chi connectivity index (χ3v) is 3.83. The van der Waals surface area contributed by atoms with Gasteiger partial charge in [-0.3, -0.25) is 9.69 Å². The van der Waals surface area contributed by atoms with Gasteiger partial charge in [-0.1, -0.05) is 13.8 Å². The van der Waals surface area contributed by atoms with Gasteiger partial charge in [-0.2, -0.15) is 13.2 Å². The second-order valence-electron chi connectivity index (χ2n) is 5.91. The summed E-state index contributed by atoms with van der Waals surface area (Å²) in [6.45, 7) is 4.41. The van der Waals surface area contributed by atoms with E-state index in [9.17, 15) is 23.1 Å². The predicted molar refractivity (Wildman–Crippen MR) is 77.4 cm³/mol. The highest BCUT2D eigenvalue weighted by molar-refractivity contribution is 5.74. The minimum absolute atomic E-state index is 0.0810. The molecule has 1 unspecified atom stereocenters. The Morgan fingerprint density at radius 1 is 1.35 bits per heavy atom. The summed E-state index contributed by atoms with van der Waals surface area (Å²) in [5.74, 6) is -2.27. The summed E-state index contributed by atoms with van der Waals surface area (Å²) in [5.41, 5.74) is 0.285. The van der Waals surface area contributed by atoms with Crippen molar-refractivity contribution in [3.05, 3.63) is 17.6 Å². The van der Waals surface area contributed by atoms with Crippen LogP contribution in [-0.4, -0.2) is 58.7 Å². The first-order valence-corrected chi connectivity index (χ1v) is 7.23. The summed E-state index contributed by atoms with van der Waals surface area (Å²) in [6, 6.07) is 0.722. The quantitative estimate of drug-likeness (QED) is 0.911. The minimum Gasteiger partial charge on any atom is -0.480 e. The Kier molecular flexibility index (Phi) is 4.79. The Morgan fingerprint density at radius 2 is 2.00 bits per heavy atom. The molecule has 2 rings (SSSR count). The first kappa shape index (κ1) is 17.5. The lowest BCUT2D eigenvalue weighted by molar-refractivity contribution is -0.145. The highest BCUT2D eigenvalue weighted by Crippen LogP contribution is 2.30. The monoisotopic (exact) mass is 332 g/mol. The Labute approximate surface area is 131 Å². The van der Waals surface area contributed by atoms with Gasteiger partial charge in [0.2, 0.25) is 5.82 Å². The van der Waals surface area contributed by atoms with Gasteiger partial charge in [0.25, 0.3) is 0 Å². The van der Waals surface area contributed by atoms with Gasteiger partial charge < -0.3 is 10.0 Å². The Bertz CT molecular complexity index is 592. The van der Waals surface area contributed by atoms with Crippen LogP contribution in [0, 0.1) is 0 Å². The molecule has 0 saturated carbocycles. The molecule has 0 aliphatic carbocycles. The summed E-state index contributed by atoms with van der Waals surface area (Å²) in [5, 5.41) is 9.22. The van der Waals surface area contributed by atoms with Crippen LogP contribution in [0.25, 0.3) is 0 Å². The van der Waals surface area contributed by atoms with Crippen molar-refractivity contribution in [3.63, 3.8) is 0 Å². The maximum atomic E-state index is 13.0. The van der Waals surface area contributed by atoms with Gasteiger partial charge in [-0.25, -0.2) is 9.97 Å². The fourth-order valence-corrected chi connectivity index (χ4v) is 2.39. The SMILES string of the molecule is CC(C)c1cc(N2CCN(C)C(C(=O)O)C2)nc(C(F)(F)F)n1. The van der Waals surface area contributed by atoms with Crippen LogP contribution >= 0.6 is 0 Å². The maximum Gasteiger partial charge on any atom is 0.451 e. The maximum absolute atomic E-state index is 13.0. The summed E-state index contributed by atoms with van der Waals surface area (Å²) >= 11 is 0. The number of anilines is 1. The normalized spacial score (nSPS) is 20.1. The van der Waals surface area contributed by atoms with E-state index in [2.05, 4.69) is 9.97 Å². The van der Waals surface area contributed by atoms with Crippen molar-refractivity contribution in [1.82, 2.24) is 14.9 Å². The van der Waals surface area contributed by atoms with Crippen molar-refractivity contribution in [3.8, 4) is 0 Å². The molecule has 128 valence electrons. The summed E-state index contributed by atoms with van der Waals surface area (Å²) < 4.78 is 39.0. The van der Waals surface area contributed by atoms with Crippen LogP contribution in [0.2, 0.25) is 0 Å². The molecule has 23 heavy (non-hydrogen) atoms. The fourth-order valence-electron chi connectivity index (χ4n) is 2.39. The van der Waals surface area contributed by atoms with E-state index < -0.39 is 24.0 Å². The number of hydrogen-bond acceptors (Lipinski definition) is 5. The number of hydrogen-bond donors (Lipinski definition) is 1. The molecule has 1 aliphatic rings. The molecule has 0 aromatic carbocycles. The number of nitrogens with zero attached hydrogens (tertiary/aromatic N) is 4. The third kappa shape index (κ3) is 3.90. The molecule has 0 bridgehead atoms. The van der Waals surface area contributed by atoms with E-state index in [0.29, 0.717) is 13.1 Å². The molecule has 1 atom stereocenters. The van der Waals surface area contributed by atoms with Crippen LogP contribution in [0.15, 0.2) is 6.07 Å². The molecule has 2 heterocycles. The summed E-state index contributed by atoms with van der Waals surface area (Å²) in [4.78, 5) is 21.7. The first-order chi connectivity index (χ1) is 10.6. The van der Waals surface area contributed by atoms with E-state index in [1.165, 1.54) is 6.07 Å². The third-order valence-electron chi connectivity index (χ3n) is 3.83. The number of aliphatic carboxylic acids is 1. The van der Waals surface area contributed by atoms with Crippen molar-refractivity contribution in [2.24, 2.45) is 0 Å². The second-order valence-corrected chi connectivity index (χ2v) is 5.91. The number of likely N-dealkylation sites (N-methyl/N-ethyl adjacent to an activating group) is 1. The largest absolute Gasteiger partial charge is 0.480 e. The molecular formula is C14H19F3N4O2. The molecule has 0 amide bonds. The van der Waals surface area contributed by atoms with E-state index >= 15 is 0 Å². The smallest absolute Gasteiger partial charge is 0.451 e. The molecular weight excluding hydrogens is 313 g/mol. The van der Waals surface area contributed by atoms with Crippen LogP contribution in [0.1, 0.15) is 31.3 Å². The Hall–Kier alpha value is -1.90. The predicted octanol–water partition coefficient (Wildman–Crippen LogP) is 1.82. The topological polar surface area (TPSA) is 69.6 Å². The van der Waals surface area contributed by atoms with Crippen molar-refractivity contribution < 1.29 is 23.1 Å². The van der Waals surface area contributed by atoms with E-state index in [1.54, 1.807) is 30.7 Å². The zero-order valence-corrected chi connectivity index (χ0v) is 13.1. The Balaban J connectivity index is 2.38. The van der Waals surface area contributed by atoms with Crippen LogP contribution in [0.4, 0.5) is 19.0 Å². The molecule has 1 aromatic rings. The lowest BCUT2D eigenvalue weighted by Crippen LogP contribution is -2.55. The number of aromatic nitrogens is 2. The summed E-state index contributed by atoms with van der Waals surface area (Å²) in [6.07, 6.45) is -4.64. The van der Waals surface area contributed by atoms with Crippen molar-refractivity contribution in [1.29, 1.82) is 0 Å². The van der Waals surface area contributed by atoms with Gasteiger partial charge in [-0.15, -0.1) is 0 Å². The molecule has 1 aliphatic heterocycles. The van der Waals surface area contributed by atoms with E-state index in [4.69, 9.17) is 0 Å². The highest BCUT2D eigenvalue weighted by Gasteiger charge is 2.37. The number of carboxylic acids is 1. The van der Waals surface area contributed by atoms with Crippen LogP contribution in [-0.2, 0) is 11.0 Å². The van der Waals surface area contributed by atoms with Crippen LogP contribution in [0.3, 0.4) is 0 Å². The standard InChI is InChI=1S/C14H19F3N4O2/c1-8(2)9-6-11(19-13(18-9)14(15,16)17)21-5-4-20(3)10(7-21)12(22)23/h6,8,10H,4-5,7H2,1-3H3,(H,22,23). The molecule has 0 radical (unpaired) electrons. The van der Waals surface area contributed by atoms with Gasteiger partial charge in [0.05, 0.1) is 0 Å². The highest BCUT2D eigenvalue weighted by atomic mass is 19.4. The number of carboxylic acid groups (broad SMARTS) is 1. The van der Waals surface area contributed by atoms with Crippen molar-refractivity contribution >= 4 is 11.8 Å². The van der Waals surface area contributed by atoms with Gasteiger partial charge in [0.15, 0.2) is 0 Å². The number of piperazine rings is 1. The fraction of sp³-hybridized carbons (Fsp3) is 0.643. The molecule has 1 N–H and O–H groups in total. The van der Waals surface area contributed by atoms with Crippen LogP contribution in [0.5, 0.6) is 0 Å². The van der Waals surface area contributed by atoms with E-state index in [-0.39, 0.29) is 24.0 Å². The second kappa shape index (κ2) is 6.31. The van der Waals surface area contributed by atoms with Crippen molar-refractivity contribution in [2.45, 2.75) is 32.0 Å². The number of rotatable bonds is 3. The van der Waals surface area contributed by atoms with Gasteiger partial charge in [0, 0.05) is 31.4 Å². The number of halogens is 3. The van der Waals surface area contributed by atoms with Gasteiger partial charge in [0.1, 0.15) is 11.9 Å². The zero-order chi connectivity index (χ0) is 17.4. The van der Waals surface area contributed by atoms with E-state index in [0.717, 1.165) is 0 Å². The van der Waals surface area contributed by atoms with Crippen LogP contribution < -0.4 is 4.90 Å². The van der Waals surface area contributed by atoms with Crippen molar-refractivity contribution in [2.75, 3.05) is 31.6 Å². The van der Waals surface area contributed by atoms with Gasteiger partial charge >= 0.3 is 12.1 Å². The molecule has 6 nitrogen and oxygen atoms in total. The molecule has 1 aromatic heterocycles. The summed E-state index contributed by atoms with van der Waals surface area (Å²) in [7, 11) is 1.68. The number of alkyl halides is 3. The molecule has 1 fully saturated rings. The van der Waals surface area contributed by atoms with Gasteiger partial charge in [-0.05, 0) is 13.0 Å². The average molecular weight is 332 g/mol. The molecule has 0 spiro atoms. The Morgan fingerprint density at radius 3 is 2.52 bits per heavy atom. The lowest BCUT2D eigenvalue weighted by atomic mass is 10.1. The number of carbonyl (C=O) groups is 1. The first-order valence-electron chi connectivity index (χ1n) is 7.23. The minimum atomic E-state index is -4.64. The van der Waals surface area contributed by atoms with E-state index in [1.807, 2.05) is 0 Å². The lowest BCUT2D eigenvalue weighted by Gasteiger charge is -2.38. The zero-order valence-electron chi connectivity index (χ0n) is 13.1. The molecule has 9 heteroatoms.